The van der Waals surface area contributed by atoms with E-state index in [4.69, 9.17) is 0 Å². The summed E-state index contributed by atoms with van der Waals surface area (Å²) < 4.78 is 0. The highest BCUT2D eigenvalue weighted by molar-refractivity contribution is 5.72. The molecule has 0 atom stereocenters. The van der Waals surface area contributed by atoms with Crippen LogP contribution in [0.15, 0.2) is 66.7 Å². The molecule has 0 aromatic heterocycles. The normalized spacial score (nSPS) is 11.0. The summed E-state index contributed by atoms with van der Waals surface area (Å²) in [6.07, 6.45) is 4.30. The van der Waals surface area contributed by atoms with Crippen molar-refractivity contribution in [3.05, 3.63) is 94.5 Å². The summed E-state index contributed by atoms with van der Waals surface area (Å²) in [5.74, 6) is 0. The smallest absolute Gasteiger partial charge is 0.0443 e. The molecule has 0 aliphatic carbocycles. The minimum absolute atomic E-state index is 1.11. The molecule has 3 aromatic rings. The van der Waals surface area contributed by atoms with Gasteiger partial charge in [-0.05, 0) is 55.2 Å². The van der Waals surface area contributed by atoms with Crippen molar-refractivity contribution in [2.24, 2.45) is 0 Å². The highest BCUT2D eigenvalue weighted by Gasteiger charge is 2.02. The van der Waals surface area contributed by atoms with Crippen LogP contribution in [0.1, 0.15) is 27.8 Å². The second-order valence-electron chi connectivity index (χ2n) is 6.26. The Hall–Kier alpha value is -2.80. The molecule has 0 unspecified atom stereocenters. The summed E-state index contributed by atoms with van der Waals surface area (Å²) in [7, 11) is 0. The Morgan fingerprint density at radius 2 is 1.29 bits per heavy atom. The number of hydrogen-bond donors (Lipinski definition) is 1. The van der Waals surface area contributed by atoms with E-state index in [1.165, 1.54) is 33.5 Å². The lowest BCUT2D eigenvalue weighted by molar-refractivity contribution is 1.36. The number of benzene rings is 3. The van der Waals surface area contributed by atoms with Gasteiger partial charge in [-0.1, -0.05) is 72.3 Å². The zero-order valence-corrected chi connectivity index (χ0v) is 14.5. The van der Waals surface area contributed by atoms with Gasteiger partial charge in [0.15, 0.2) is 0 Å². The van der Waals surface area contributed by atoms with Crippen LogP contribution < -0.4 is 5.32 Å². The van der Waals surface area contributed by atoms with Crippen molar-refractivity contribution in [3.8, 4) is 0 Å². The summed E-state index contributed by atoms with van der Waals surface area (Å²) >= 11 is 0. The lowest BCUT2D eigenvalue weighted by atomic mass is 10.1. The fourth-order valence-electron chi connectivity index (χ4n) is 2.80. The molecule has 1 nitrogen and oxygen atoms in total. The Kier molecular flexibility index (Phi) is 4.81. The van der Waals surface area contributed by atoms with Crippen LogP contribution in [0.25, 0.3) is 12.2 Å². The largest absolute Gasteiger partial charge is 0.355 e. The summed E-state index contributed by atoms with van der Waals surface area (Å²) in [5.41, 5.74) is 8.54. The maximum atomic E-state index is 3.52. The highest BCUT2D eigenvalue weighted by Crippen LogP contribution is 2.24. The van der Waals surface area contributed by atoms with E-state index in [-0.39, 0.29) is 0 Å². The van der Waals surface area contributed by atoms with E-state index in [1.807, 2.05) is 0 Å². The molecule has 0 aliphatic rings. The van der Waals surface area contributed by atoms with Crippen LogP contribution in [0.4, 0.5) is 11.4 Å². The maximum absolute atomic E-state index is 3.52. The minimum Gasteiger partial charge on any atom is -0.355 e. The van der Waals surface area contributed by atoms with Gasteiger partial charge in [0.2, 0.25) is 0 Å². The van der Waals surface area contributed by atoms with E-state index in [0.29, 0.717) is 0 Å². The molecule has 24 heavy (non-hydrogen) atoms. The van der Waals surface area contributed by atoms with Crippen LogP contribution >= 0.6 is 0 Å². The van der Waals surface area contributed by atoms with Crippen LogP contribution in [0.2, 0.25) is 0 Å². The molecule has 3 rings (SSSR count). The first-order valence-corrected chi connectivity index (χ1v) is 8.30. The fraction of sp³-hybridized carbons (Fsp3) is 0.130. The molecule has 0 fully saturated rings. The predicted octanol–water partition coefficient (Wildman–Crippen LogP) is 6.53. The average molecular weight is 313 g/mol. The second kappa shape index (κ2) is 7.18. The van der Waals surface area contributed by atoms with Crippen LogP contribution in [0.5, 0.6) is 0 Å². The summed E-state index contributed by atoms with van der Waals surface area (Å²) in [6, 6.07) is 23.4. The maximum Gasteiger partial charge on any atom is 0.0443 e. The van der Waals surface area contributed by atoms with Gasteiger partial charge in [-0.25, -0.2) is 0 Å². The molecule has 0 bridgehead atoms. The quantitative estimate of drug-likeness (QED) is 0.540. The Balaban J connectivity index is 1.74. The van der Waals surface area contributed by atoms with Crippen molar-refractivity contribution in [2.45, 2.75) is 20.8 Å². The van der Waals surface area contributed by atoms with Crippen LogP contribution in [0.3, 0.4) is 0 Å². The molecular formula is C23H23N. The Morgan fingerprint density at radius 1 is 0.667 bits per heavy atom. The van der Waals surface area contributed by atoms with Crippen LogP contribution in [-0.4, -0.2) is 0 Å². The topological polar surface area (TPSA) is 12.0 Å². The third-order valence-corrected chi connectivity index (χ3v) is 4.17. The SMILES string of the molecule is Cc1cccc(C=Cc2ccc(Nc3c(C)cccc3C)cc2)c1. The van der Waals surface area contributed by atoms with Gasteiger partial charge in [-0.2, -0.15) is 0 Å². The zero-order chi connectivity index (χ0) is 16.9. The molecule has 120 valence electrons. The molecule has 0 heterocycles. The van der Waals surface area contributed by atoms with E-state index in [2.05, 4.69) is 105 Å². The van der Waals surface area contributed by atoms with E-state index in [1.54, 1.807) is 0 Å². The van der Waals surface area contributed by atoms with Gasteiger partial charge in [-0.3, -0.25) is 0 Å². The first-order valence-electron chi connectivity index (χ1n) is 8.30. The number of nitrogens with one attached hydrogen (secondary N) is 1. The minimum atomic E-state index is 1.11. The number of rotatable bonds is 4. The van der Waals surface area contributed by atoms with E-state index < -0.39 is 0 Å². The van der Waals surface area contributed by atoms with Gasteiger partial charge in [0, 0.05) is 11.4 Å². The molecule has 0 aliphatic heterocycles. The van der Waals surface area contributed by atoms with Crippen molar-refractivity contribution in [1.29, 1.82) is 0 Å². The standard InChI is InChI=1S/C23H23N/c1-17-6-4-9-21(16-17)11-10-20-12-14-22(15-13-20)24-23-18(2)7-5-8-19(23)3/h4-16,24H,1-3H3. The average Bonchev–Trinajstić information content (AvgIpc) is 2.58. The monoisotopic (exact) mass is 313 g/mol. The van der Waals surface area contributed by atoms with Crippen molar-refractivity contribution in [1.82, 2.24) is 0 Å². The Bertz CT molecular complexity index is 837. The van der Waals surface area contributed by atoms with E-state index in [0.717, 1.165) is 5.69 Å². The lowest BCUT2D eigenvalue weighted by Crippen LogP contribution is -1.95. The summed E-state index contributed by atoms with van der Waals surface area (Å²) in [6.45, 7) is 6.38. The Morgan fingerprint density at radius 3 is 1.96 bits per heavy atom. The van der Waals surface area contributed by atoms with Gasteiger partial charge in [-0.15, -0.1) is 0 Å². The second-order valence-corrected chi connectivity index (χ2v) is 6.26. The first kappa shape index (κ1) is 16.1. The third-order valence-electron chi connectivity index (χ3n) is 4.17. The number of aryl methyl sites for hydroxylation is 3. The first-order chi connectivity index (χ1) is 11.6. The molecular weight excluding hydrogens is 290 g/mol. The predicted molar refractivity (Wildman–Crippen MR) is 106 cm³/mol. The molecule has 1 heteroatoms. The van der Waals surface area contributed by atoms with Crippen molar-refractivity contribution in [3.63, 3.8) is 0 Å². The third kappa shape index (κ3) is 3.94. The molecule has 0 amide bonds. The lowest BCUT2D eigenvalue weighted by Gasteiger charge is -2.12. The summed E-state index contributed by atoms with van der Waals surface area (Å²) in [5, 5.41) is 3.52. The molecule has 1 N–H and O–H groups in total. The molecule has 0 spiro atoms. The zero-order valence-electron chi connectivity index (χ0n) is 14.5. The number of para-hydroxylation sites is 1. The molecule has 0 saturated heterocycles. The van der Waals surface area contributed by atoms with E-state index in [9.17, 15) is 0 Å². The van der Waals surface area contributed by atoms with Gasteiger partial charge in [0.1, 0.15) is 0 Å². The van der Waals surface area contributed by atoms with E-state index >= 15 is 0 Å². The van der Waals surface area contributed by atoms with Gasteiger partial charge < -0.3 is 5.32 Å². The van der Waals surface area contributed by atoms with Gasteiger partial charge in [0.25, 0.3) is 0 Å². The molecule has 0 saturated carbocycles. The van der Waals surface area contributed by atoms with Crippen molar-refractivity contribution >= 4 is 23.5 Å². The van der Waals surface area contributed by atoms with Crippen LogP contribution in [0, 0.1) is 20.8 Å². The number of hydrogen-bond acceptors (Lipinski definition) is 1. The Labute approximate surface area is 144 Å². The molecule has 3 aromatic carbocycles. The molecule has 0 radical (unpaired) electrons. The van der Waals surface area contributed by atoms with Gasteiger partial charge >= 0.3 is 0 Å². The number of anilines is 2. The summed E-state index contributed by atoms with van der Waals surface area (Å²) in [4.78, 5) is 0. The van der Waals surface area contributed by atoms with Crippen molar-refractivity contribution in [2.75, 3.05) is 5.32 Å². The van der Waals surface area contributed by atoms with Crippen molar-refractivity contribution < 1.29 is 0 Å². The van der Waals surface area contributed by atoms with Crippen LogP contribution in [-0.2, 0) is 0 Å². The highest BCUT2D eigenvalue weighted by atomic mass is 14.9. The van der Waals surface area contributed by atoms with Gasteiger partial charge in [0.05, 0.1) is 0 Å². The fourth-order valence-corrected chi connectivity index (χ4v) is 2.80.